The molecular formula is C19H14FN5O4S. The third-order valence-electron chi connectivity index (χ3n) is 5.18. The van der Waals surface area contributed by atoms with Gasteiger partial charge in [0.05, 0.1) is 11.0 Å². The van der Waals surface area contributed by atoms with E-state index in [1.165, 1.54) is 6.07 Å². The number of benzene rings is 2. The van der Waals surface area contributed by atoms with Crippen LogP contribution >= 0.6 is 12.2 Å². The van der Waals surface area contributed by atoms with E-state index in [4.69, 9.17) is 17.0 Å². The first-order chi connectivity index (χ1) is 14.3. The van der Waals surface area contributed by atoms with Gasteiger partial charge in [-0.3, -0.25) is 14.9 Å². The summed E-state index contributed by atoms with van der Waals surface area (Å²) in [5.74, 6) is -1.63. The summed E-state index contributed by atoms with van der Waals surface area (Å²) in [6.07, 6.45) is -1.30. The Morgan fingerprint density at radius 1 is 1.17 bits per heavy atom. The number of hydrogen-bond donors (Lipinski definition) is 5. The van der Waals surface area contributed by atoms with E-state index in [-0.39, 0.29) is 17.7 Å². The molecule has 2 unspecified atom stereocenters. The predicted molar refractivity (Wildman–Crippen MR) is 106 cm³/mol. The Labute approximate surface area is 173 Å². The molecular weight excluding hydrogens is 413 g/mol. The fourth-order valence-corrected chi connectivity index (χ4v) is 4.05. The van der Waals surface area contributed by atoms with Crippen molar-refractivity contribution >= 4 is 46.8 Å². The number of carbonyl (C=O) groups is 3. The smallest absolute Gasteiger partial charge is 0.322 e. The van der Waals surface area contributed by atoms with Crippen molar-refractivity contribution in [1.29, 1.82) is 0 Å². The highest BCUT2D eigenvalue weighted by atomic mass is 32.1. The average molecular weight is 427 g/mol. The highest BCUT2D eigenvalue weighted by Crippen LogP contribution is 2.42. The molecule has 1 saturated heterocycles. The molecule has 5 N–H and O–H groups in total. The molecule has 1 aromatic heterocycles. The maximum Gasteiger partial charge on any atom is 0.322 e. The molecule has 5 rings (SSSR count). The number of amides is 4. The highest BCUT2D eigenvalue weighted by molar-refractivity contribution is 7.71. The Morgan fingerprint density at radius 2 is 1.97 bits per heavy atom. The molecule has 2 aliphatic rings. The molecule has 1 spiro atoms. The number of aromatic amines is 2. The minimum atomic E-state index is -1.59. The zero-order chi connectivity index (χ0) is 21.0. The Bertz CT molecular complexity index is 1300. The number of ether oxygens (including phenoxy) is 1. The van der Waals surface area contributed by atoms with Crippen LogP contribution in [-0.4, -0.2) is 33.9 Å². The lowest BCUT2D eigenvalue weighted by molar-refractivity contribution is -0.129. The van der Waals surface area contributed by atoms with Crippen LogP contribution < -0.4 is 20.7 Å². The monoisotopic (exact) mass is 427 g/mol. The van der Waals surface area contributed by atoms with Crippen LogP contribution in [-0.2, 0) is 15.1 Å². The number of hydrogen-bond acceptors (Lipinski definition) is 5. The van der Waals surface area contributed by atoms with Crippen molar-refractivity contribution in [2.45, 2.75) is 18.1 Å². The van der Waals surface area contributed by atoms with E-state index in [0.717, 1.165) is 17.6 Å². The third-order valence-corrected chi connectivity index (χ3v) is 5.38. The molecule has 11 heteroatoms. The normalized spacial score (nSPS) is 22.4. The van der Waals surface area contributed by atoms with E-state index in [1.54, 1.807) is 18.2 Å². The van der Waals surface area contributed by atoms with Gasteiger partial charge in [-0.2, -0.15) is 0 Å². The SMILES string of the molecule is O=C1NC(=O)C2(CC(C(=O)Nc3ccc4[nH]c(=S)[nH]c4c3)Oc3ccc(F)cc32)N1. The Morgan fingerprint density at radius 3 is 2.73 bits per heavy atom. The van der Waals surface area contributed by atoms with Crippen molar-refractivity contribution in [2.24, 2.45) is 0 Å². The van der Waals surface area contributed by atoms with Gasteiger partial charge in [-0.25, -0.2) is 9.18 Å². The predicted octanol–water partition coefficient (Wildman–Crippen LogP) is 2.19. The second-order valence-electron chi connectivity index (χ2n) is 7.09. The largest absolute Gasteiger partial charge is 0.480 e. The molecule has 30 heavy (non-hydrogen) atoms. The minimum Gasteiger partial charge on any atom is -0.480 e. The first-order valence-electron chi connectivity index (χ1n) is 8.97. The number of nitrogens with one attached hydrogen (secondary N) is 5. The molecule has 0 saturated carbocycles. The Kier molecular flexibility index (Phi) is 3.90. The van der Waals surface area contributed by atoms with Gasteiger partial charge < -0.3 is 25.3 Å². The van der Waals surface area contributed by atoms with E-state index in [1.807, 2.05) is 0 Å². The Hall–Kier alpha value is -3.73. The summed E-state index contributed by atoms with van der Waals surface area (Å²) in [7, 11) is 0. The first-order valence-corrected chi connectivity index (χ1v) is 9.38. The lowest BCUT2D eigenvalue weighted by atomic mass is 9.81. The van der Waals surface area contributed by atoms with E-state index < -0.39 is 35.3 Å². The van der Waals surface area contributed by atoms with Crippen LogP contribution in [0.1, 0.15) is 12.0 Å². The summed E-state index contributed by atoms with van der Waals surface area (Å²) in [4.78, 5) is 43.3. The van der Waals surface area contributed by atoms with Gasteiger partial charge in [0.1, 0.15) is 11.6 Å². The van der Waals surface area contributed by atoms with Crippen LogP contribution in [0.4, 0.5) is 14.9 Å². The van der Waals surface area contributed by atoms with Crippen LogP contribution in [0.25, 0.3) is 11.0 Å². The van der Waals surface area contributed by atoms with Crippen LogP contribution in [0, 0.1) is 10.6 Å². The molecule has 0 aliphatic carbocycles. The molecule has 2 aliphatic heterocycles. The third kappa shape index (κ3) is 2.82. The maximum atomic E-state index is 13.8. The van der Waals surface area contributed by atoms with Gasteiger partial charge in [0.25, 0.3) is 11.8 Å². The topological polar surface area (TPSA) is 128 Å². The molecule has 0 bridgehead atoms. The zero-order valence-corrected chi connectivity index (χ0v) is 16.0. The van der Waals surface area contributed by atoms with Crippen molar-refractivity contribution in [3.05, 3.63) is 52.5 Å². The number of rotatable bonds is 2. The molecule has 4 amide bonds. The summed E-state index contributed by atoms with van der Waals surface area (Å²) in [6.45, 7) is 0. The van der Waals surface area contributed by atoms with E-state index >= 15 is 0 Å². The summed E-state index contributed by atoms with van der Waals surface area (Å²) in [5, 5.41) is 7.42. The quantitative estimate of drug-likeness (QED) is 0.316. The fourth-order valence-electron chi connectivity index (χ4n) is 3.83. The van der Waals surface area contributed by atoms with Crippen molar-refractivity contribution in [1.82, 2.24) is 20.6 Å². The van der Waals surface area contributed by atoms with Gasteiger partial charge in [-0.1, -0.05) is 0 Å². The minimum absolute atomic E-state index is 0.144. The van der Waals surface area contributed by atoms with Gasteiger partial charge >= 0.3 is 6.03 Å². The van der Waals surface area contributed by atoms with Gasteiger partial charge in [0.15, 0.2) is 16.4 Å². The van der Waals surface area contributed by atoms with Crippen LogP contribution in [0.15, 0.2) is 36.4 Å². The van der Waals surface area contributed by atoms with Gasteiger partial charge in [0, 0.05) is 17.7 Å². The zero-order valence-electron chi connectivity index (χ0n) is 15.2. The van der Waals surface area contributed by atoms with E-state index in [2.05, 4.69) is 25.9 Å². The molecule has 9 nitrogen and oxygen atoms in total. The molecule has 152 valence electrons. The summed E-state index contributed by atoms with van der Waals surface area (Å²) >= 11 is 5.05. The van der Waals surface area contributed by atoms with Crippen LogP contribution in [0.2, 0.25) is 0 Å². The number of imidazole rings is 1. The molecule has 3 heterocycles. The number of halogens is 1. The lowest BCUT2D eigenvalue weighted by Crippen LogP contribution is -2.53. The number of carbonyl (C=O) groups excluding carboxylic acids is 3. The second kappa shape index (κ2) is 6.39. The average Bonchev–Trinajstić information content (AvgIpc) is 3.20. The van der Waals surface area contributed by atoms with Crippen molar-refractivity contribution < 1.29 is 23.5 Å². The maximum absolute atomic E-state index is 13.8. The molecule has 1 fully saturated rings. The number of urea groups is 1. The van der Waals surface area contributed by atoms with Crippen LogP contribution in [0.5, 0.6) is 5.75 Å². The summed E-state index contributed by atoms with van der Waals surface area (Å²) in [6, 6.07) is 8.03. The highest BCUT2D eigenvalue weighted by Gasteiger charge is 2.54. The number of anilines is 1. The van der Waals surface area contributed by atoms with Crippen molar-refractivity contribution in [2.75, 3.05) is 5.32 Å². The lowest BCUT2D eigenvalue weighted by Gasteiger charge is -2.36. The summed E-state index contributed by atoms with van der Waals surface area (Å²) < 4.78 is 20.0. The van der Waals surface area contributed by atoms with Gasteiger partial charge in [0.2, 0.25) is 0 Å². The fraction of sp³-hybridized carbons (Fsp3) is 0.158. The second-order valence-corrected chi connectivity index (χ2v) is 7.50. The number of imide groups is 1. The molecule has 2 aromatic carbocycles. The standard InChI is InChI=1S/C19H14FN5O4S/c20-8-1-4-13-10(5-8)19(16(27)24-17(28)25-19)7-14(29-13)15(26)21-9-2-3-11-12(6-9)23-18(30)22-11/h1-6,14H,7H2,(H,21,26)(H2,22,23,30)(H2,24,25,27,28). The molecule has 3 aromatic rings. The molecule has 2 atom stereocenters. The van der Waals surface area contributed by atoms with Crippen molar-refractivity contribution in [3.8, 4) is 5.75 Å². The molecule has 0 radical (unpaired) electrons. The van der Waals surface area contributed by atoms with E-state index in [0.29, 0.717) is 16.0 Å². The number of fused-ring (bicyclic) bond motifs is 3. The van der Waals surface area contributed by atoms with Gasteiger partial charge in [-0.05, 0) is 48.6 Å². The Balaban J connectivity index is 1.47. The number of H-pyrrole nitrogens is 2. The number of aromatic nitrogens is 2. The van der Waals surface area contributed by atoms with Crippen LogP contribution in [0.3, 0.4) is 0 Å². The first kappa shape index (κ1) is 18.3. The van der Waals surface area contributed by atoms with Crippen molar-refractivity contribution in [3.63, 3.8) is 0 Å². The van der Waals surface area contributed by atoms with E-state index in [9.17, 15) is 18.8 Å². The summed E-state index contributed by atoms with van der Waals surface area (Å²) in [5.41, 5.74) is 0.551. The van der Waals surface area contributed by atoms with Gasteiger partial charge in [-0.15, -0.1) is 0 Å².